The Kier molecular flexibility index (Phi) is 2.22. The molecule has 10 heavy (non-hydrogen) atoms. The Morgan fingerprint density at radius 2 is 2.10 bits per heavy atom. The fraction of sp³-hybridized carbons (Fsp3) is 0.375. The molecule has 0 aliphatic heterocycles. The maximum atomic E-state index is 4.23. The summed E-state index contributed by atoms with van der Waals surface area (Å²) in [6.45, 7) is 4.27. The van der Waals surface area contributed by atoms with Gasteiger partial charge in [-0.1, -0.05) is 19.9 Å². The van der Waals surface area contributed by atoms with Crippen molar-refractivity contribution in [2.24, 2.45) is 0 Å². The van der Waals surface area contributed by atoms with Crippen LogP contribution in [0.5, 0.6) is 0 Å². The third kappa shape index (κ3) is 1.67. The van der Waals surface area contributed by atoms with Gasteiger partial charge in [-0.25, -0.2) is 0 Å². The molecule has 0 saturated carbocycles. The maximum absolute atomic E-state index is 4.23. The molecule has 1 heterocycles. The SMILES string of the molecule is CC(C)c1ccc([Si])cn1. The van der Waals surface area contributed by atoms with Crippen LogP contribution in [0.1, 0.15) is 25.5 Å². The van der Waals surface area contributed by atoms with Gasteiger partial charge in [0.1, 0.15) is 0 Å². The topological polar surface area (TPSA) is 12.9 Å². The second-order valence-corrected chi connectivity index (χ2v) is 3.20. The molecule has 0 N–H and O–H groups in total. The Morgan fingerprint density at radius 3 is 2.50 bits per heavy atom. The third-order valence-corrected chi connectivity index (χ3v) is 1.67. The van der Waals surface area contributed by atoms with Crippen LogP contribution >= 0.6 is 0 Å². The number of hydrogen-bond acceptors (Lipinski definition) is 1. The van der Waals surface area contributed by atoms with Crippen molar-refractivity contribution in [1.29, 1.82) is 0 Å². The lowest BCUT2D eigenvalue weighted by molar-refractivity contribution is 0.824. The van der Waals surface area contributed by atoms with Gasteiger partial charge in [-0.05, 0) is 17.2 Å². The molecule has 51 valence electrons. The van der Waals surface area contributed by atoms with E-state index in [0.29, 0.717) is 5.92 Å². The van der Waals surface area contributed by atoms with Gasteiger partial charge in [0.15, 0.2) is 0 Å². The summed E-state index contributed by atoms with van der Waals surface area (Å²) in [6, 6.07) is 4.05. The zero-order valence-electron chi connectivity index (χ0n) is 6.26. The van der Waals surface area contributed by atoms with E-state index in [9.17, 15) is 0 Å². The van der Waals surface area contributed by atoms with Gasteiger partial charge in [0.25, 0.3) is 0 Å². The van der Waals surface area contributed by atoms with Gasteiger partial charge in [-0.3, -0.25) is 4.98 Å². The average molecular weight is 148 g/mol. The Bertz CT molecular complexity index is 203. The van der Waals surface area contributed by atoms with Gasteiger partial charge in [-0.15, -0.1) is 0 Å². The highest BCUT2D eigenvalue weighted by molar-refractivity contribution is 6.31. The molecule has 0 aliphatic rings. The minimum absolute atomic E-state index is 0.521. The van der Waals surface area contributed by atoms with Gasteiger partial charge in [-0.2, -0.15) is 0 Å². The lowest BCUT2D eigenvalue weighted by Crippen LogP contribution is -2.04. The molecular formula is C8H10NSi. The monoisotopic (exact) mass is 148 g/mol. The largest absolute Gasteiger partial charge is 0.261 e. The van der Waals surface area contributed by atoms with E-state index in [1.165, 1.54) is 0 Å². The molecule has 0 unspecified atom stereocenters. The summed E-state index contributed by atoms with van der Waals surface area (Å²) in [5, 5.41) is 1.03. The lowest BCUT2D eigenvalue weighted by atomic mass is 10.1. The summed E-state index contributed by atoms with van der Waals surface area (Å²) in [5.74, 6) is 0.521. The molecule has 0 aliphatic carbocycles. The minimum atomic E-state index is 0.521. The zero-order valence-corrected chi connectivity index (χ0v) is 7.26. The second kappa shape index (κ2) is 2.97. The highest BCUT2D eigenvalue weighted by Gasteiger charge is 1.97. The normalized spacial score (nSPS) is 10.4. The van der Waals surface area contributed by atoms with Crippen molar-refractivity contribution in [2.75, 3.05) is 0 Å². The van der Waals surface area contributed by atoms with Gasteiger partial charge in [0.2, 0.25) is 0 Å². The van der Waals surface area contributed by atoms with E-state index in [1.54, 1.807) is 0 Å². The summed E-state index contributed by atoms with van der Waals surface area (Å²) >= 11 is 0. The van der Waals surface area contributed by atoms with E-state index in [2.05, 4.69) is 29.1 Å². The van der Waals surface area contributed by atoms with E-state index in [4.69, 9.17) is 0 Å². The molecular weight excluding hydrogens is 138 g/mol. The Morgan fingerprint density at radius 1 is 1.40 bits per heavy atom. The van der Waals surface area contributed by atoms with Crippen molar-refractivity contribution in [1.82, 2.24) is 4.98 Å². The van der Waals surface area contributed by atoms with Crippen LogP contribution in [0.15, 0.2) is 18.3 Å². The van der Waals surface area contributed by atoms with Crippen LogP contribution in [0, 0.1) is 0 Å². The number of aromatic nitrogens is 1. The number of nitrogens with zero attached hydrogens (tertiary/aromatic N) is 1. The summed E-state index contributed by atoms with van der Waals surface area (Å²) < 4.78 is 0. The number of hydrogen-bond donors (Lipinski definition) is 0. The van der Waals surface area contributed by atoms with Crippen LogP contribution in [-0.2, 0) is 0 Å². The first kappa shape index (κ1) is 7.47. The molecule has 1 aromatic rings. The molecule has 0 saturated heterocycles. The van der Waals surface area contributed by atoms with Crippen molar-refractivity contribution in [3.8, 4) is 0 Å². The van der Waals surface area contributed by atoms with Crippen molar-refractivity contribution in [2.45, 2.75) is 19.8 Å². The van der Waals surface area contributed by atoms with Crippen LogP contribution in [0.2, 0.25) is 0 Å². The summed E-state index contributed by atoms with van der Waals surface area (Å²) in [5.41, 5.74) is 1.14. The molecule has 1 nitrogen and oxygen atoms in total. The molecule has 2 heteroatoms. The predicted molar refractivity (Wildman–Crippen MR) is 43.7 cm³/mol. The quantitative estimate of drug-likeness (QED) is 0.541. The van der Waals surface area contributed by atoms with Crippen LogP contribution in [0.25, 0.3) is 0 Å². The fourth-order valence-electron chi connectivity index (χ4n) is 0.747. The average Bonchev–Trinajstić information content (AvgIpc) is 1.88. The zero-order chi connectivity index (χ0) is 7.56. The molecule has 0 amide bonds. The minimum Gasteiger partial charge on any atom is -0.261 e. The van der Waals surface area contributed by atoms with Gasteiger partial charge < -0.3 is 0 Å². The van der Waals surface area contributed by atoms with E-state index in [1.807, 2.05) is 18.3 Å². The van der Waals surface area contributed by atoms with Crippen LogP contribution < -0.4 is 5.19 Å². The van der Waals surface area contributed by atoms with E-state index in [-0.39, 0.29) is 0 Å². The number of pyridine rings is 1. The smallest absolute Gasteiger partial charge is 0.0733 e. The molecule has 0 aromatic carbocycles. The summed E-state index contributed by atoms with van der Waals surface area (Å²) in [6.07, 6.45) is 1.83. The molecule has 3 radical (unpaired) electrons. The first-order valence-electron chi connectivity index (χ1n) is 3.37. The number of rotatable bonds is 1. The molecule has 0 atom stereocenters. The molecule has 1 aromatic heterocycles. The van der Waals surface area contributed by atoms with Crippen LogP contribution in [0.4, 0.5) is 0 Å². The highest BCUT2D eigenvalue weighted by atomic mass is 28.1. The standard InChI is InChI=1S/C8H10NSi/c1-6(2)8-4-3-7(10)5-9-8/h3-6H,1-2H3. The second-order valence-electron chi connectivity index (χ2n) is 2.63. The Labute approximate surface area is 64.9 Å². The van der Waals surface area contributed by atoms with Crippen molar-refractivity contribution in [3.05, 3.63) is 24.0 Å². The Balaban J connectivity index is 2.89. The van der Waals surface area contributed by atoms with Crippen molar-refractivity contribution >= 4 is 15.4 Å². The molecule has 0 fully saturated rings. The first-order valence-corrected chi connectivity index (χ1v) is 3.87. The van der Waals surface area contributed by atoms with E-state index in [0.717, 1.165) is 10.9 Å². The van der Waals surface area contributed by atoms with Crippen molar-refractivity contribution in [3.63, 3.8) is 0 Å². The predicted octanol–water partition coefficient (Wildman–Crippen LogP) is 0.999. The van der Waals surface area contributed by atoms with Gasteiger partial charge in [0.05, 0.1) is 10.2 Å². The summed E-state index contributed by atoms with van der Waals surface area (Å²) in [7, 11) is 3.38. The maximum Gasteiger partial charge on any atom is 0.0733 e. The summed E-state index contributed by atoms with van der Waals surface area (Å²) in [4.78, 5) is 4.23. The van der Waals surface area contributed by atoms with Crippen molar-refractivity contribution < 1.29 is 0 Å². The fourth-order valence-corrected chi connectivity index (χ4v) is 0.895. The first-order chi connectivity index (χ1) is 4.70. The van der Waals surface area contributed by atoms with E-state index < -0.39 is 0 Å². The molecule has 0 spiro atoms. The third-order valence-electron chi connectivity index (χ3n) is 1.38. The van der Waals surface area contributed by atoms with Gasteiger partial charge >= 0.3 is 0 Å². The molecule has 1 rings (SSSR count). The van der Waals surface area contributed by atoms with Crippen LogP contribution in [0.3, 0.4) is 0 Å². The van der Waals surface area contributed by atoms with Gasteiger partial charge in [0, 0.05) is 11.9 Å². The Hall–Kier alpha value is -0.633. The van der Waals surface area contributed by atoms with Crippen LogP contribution in [-0.4, -0.2) is 15.2 Å². The molecule has 0 bridgehead atoms. The van der Waals surface area contributed by atoms with E-state index >= 15 is 0 Å². The highest BCUT2D eigenvalue weighted by Crippen LogP contribution is 2.07. The lowest BCUT2D eigenvalue weighted by Gasteiger charge is -2.02.